The Morgan fingerprint density at radius 1 is 1.40 bits per heavy atom. The highest BCUT2D eigenvalue weighted by molar-refractivity contribution is 4.75. The van der Waals surface area contributed by atoms with E-state index in [0.717, 1.165) is 19.5 Å². The number of unbranched alkanes of at least 4 members (excludes halogenated alkanes) is 1. The fraction of sp³-hybridized carbons (Fsp3) is 0.846. The first kappa shape index (κ1) is 14.7. The van der Waals surface area contributed by atoms with Crippen LogP contribution in [0.3, 0.4) is 0 Å². The second-order valence-corrected chi connectivity index (χ2v) is 5.39. The fourth-order valence-corrected chi connectivity index (χ4v) is 1.32. The van der Waals surface area contributed by atoms with Crippen LogP contribution in [0.5, 0.6) is 0 Å². The van der Waals surface area contributed by atoms with Gasteiger partial charge in [0.15, 0.2) is 0 Å². The predicted molar refractivity (Wildman–Crippen MR) is 69.3 cm³/mol. The lowest BCUT2D eigenvalue weighted by atomic mass is 10.1. The molecule has 0 bridgehead atoms. The molecule has 1 atom stereocenters. The first-order valence-electron chi connectivity index (χ1n) is 5.93. The molecule has 0 amide bonds. The molecule has 0 aliphatic rings. The van der Waals surface area contributed by atoms with Gasteiger partial charge in [0.25, 0.3) is 0 Å². The van der Waals surface area contributed by atoms with Crippen molar-refractivity contribution in [3.05, 3.63) is 12.7 Å². The number of rotatable bonds is 7. The van der Waals surface area contributed by atoms with E-state index in [0.29, 0.717) is 6.04 Å². The Balaban J connectivity index is 3.68. The third-order valence-corrected chi connectivity index (χ3v) is 2.60. The van der Waals surface area contributed by atoms with Gasteiger partial charge < -0.3 is 10.2 Å². The van der Waals surface area contributed by atoms with Gasteiger partial charge in [0.1, 0.15) is 0 Å². The Morgan fingerprint density at radius 2 is 2.00 bits per heavy atom. The molecule has 2 heteroatoms. The number of allylic oxidation sites excluding steroid dienone is 1. The minimum atomic E-state index is 0.218. The van der Waals surface area contributed by atoms with Gasteiger partial charge in [-0.1, -0.05) is 6.08 Å². The van der Waals surface area contributed by atoms with Crippen LogP contribution in [0.25, 0.3) is 0 Å². The van der Waals surface area contributed by atoms with Crippen molar-refractivity contribution < 1.29 is 0 Å². The van der Waals surface area contributed by atoms with Crippen molar-refractivity contribution >= 4 is 0 Å². The summed E-state index contributed by atoms with van der Waals surface area (Å²) in [7, 11) is 2.19. The van der Waals surface area contributed by atoms with Crippen LogP contribution in [0, 0.1) is 0 Å². The lowest BCUT2D eigenvalue weighted by molar-refractivity contribution is 0.234. The Bertz CT molecular complexity index is 170. The molecule has 0 spiro atoms. The van der Waals surface area contributed by atoms with E-state index in [1.807, 2.05) is 6.08 Å². The second-order valence-electron chi connectivity index (χ2n) is 5.39. The van der Waals surface area contributed by atoms with Gasteiger partial charge in [-0.25, -0.2) is 0 Å². The molecule has 0 rings (SSSR count). The highest BCUT2D eigenvalue weighted by Crippen LogP contribution is 2.02. The Hall–Kier alpha value is -0.340. The number of hydrogen-bond acceptors (Lipinski definition) is 2. The summed E-state index contributed by atoms with van der Waals surface area (Å²) in [5.41, 5.74) is 0.218. The molecule has 90 valence electrons. The van der Waals surface area contributed by atoms with Gasteiger partial charge in [0, 0.05) is 18.1 Å². The van der Waals surface area contributed by atoms with Gasteiger partial charge in [-0.3, -0.25) is 0 Å². The van der Waals surface area contributed by atoms with E-state index in [9.17, 15) is 0 Å². The van der Waals surface area contributed by atoms with Crippen molar-refractivity contribution in [1.29, 1.82) is 0 Å². The summed E-state index contributed by atoms with van der Waals surface area (Å²) in [5.74, 6) is 0. The third kappa shape index (κ3) is 8.64. The molecule has 1 unspecified atom stereocenters. The maximum absolute atomic E-state index is 3.74. The maximum Gasteiger partial charge on any atom is 0.0189 e. The lowest BCUT2D eigenvalue weighted by Gasteiger charge is -2.29. The third-order valence-electron chi connectivity index (χ3n) is 2.60. The molecular weight excluding hydrogens is 184 g/mol. The van der Waals surface area contributed by atoms with E-state index < -0.39 is 0 Å². The molecule has 0 radical (unpaired) electrons. The fourth-order valence-electron chi connectivity index (χ4n) is 1.32. The summed E-state index contributed by atoms with van der Waals surface area (Å²) in [6.07, 6.45) is 4.32. The van der Waals surface area contributed by atoms with Crippen LogP contribution >= 0.6 is 0 Å². The smallest absolute Gasteiger partial charge is 0.0189 e. The highest BCUT2D eigenvalue weighted by atomic mass is 15.1. The van der Waals surface area contributed by atoms with Gasteiger partial charge >= 0.3 is 0 Å². The van der Waals surface area contributed by atoms with E-state index in [4.69, 9.17) is 0 Å². The van der Waals surface area contributed by atoms with Crippen molar-refractivity contribution in [1.82, 2.24) is 10.2 Å². The zero-order valence-corrected chi connectivity index (χ0v) is 11.1. The molecule has 15 heavy (non-hydrogen) atoms. The molecule has 0 saturated heterocycles. The molecule has 2 nitrogen and oxygen atoms in total. The molecule has 0 aliphatic carbocycles. The monoisotopic (exact) mass is 212 g/mol. The van der Waals surface area contributed by atoms with Crippen molar-refractivity contribution in [2.45, 2.75) is 52.1 Å². The first-order valence-corrected chi connectivity index (χ1v) is 5.93. The summed E-state index contributed by atoms with van der Waals surface area (Å²) in [4.78, 5) is 2.41. The quantitative estimate of drug-likeness (QED) is 0.515. The van der Waals surface area contributed by atoms with Crippen LogP contribution in [0.15, 0.2) is 12.7 Å². The van der Waals surface area contributed by atoms with Gasteiger partial charge in [0.2, 0.25) is 0 Å². The summed E-state index contributed by atoms with van der Waals surface area (Å²) < 4.78 is 0. The van der Waals surface area contributed by atoms with E-state index in [2.05, 4.69) is 51.5 Å². The predicted octanol–water partition coefficient (Wildman–Crippen LogP) is 2.66. The van der Waals surface area contributed by atoms with Crippen molar-refractivity contribution in [2.24, 2.45) is 0 Å². The van der Waals surface area contributed by atoms with Crippen molar-refractivity contribution in [2.75, 3.05) is 20.1 Å². The number of likely N-dealkylation sites (N-methyl/N-ethyl adjacent to an activating group) is 1. The van der Waals surface area contributed by atoms with Gasteiger partial charge in [-0.05, 0) is 54.1 Å². The highest BCUT2D eigenvalue weighted by Gasteiger charge is 2.13. The minimum Gasteiger partial charge on any atom is -0.311 e. The average Bonchev–Trinajstić information content (AvgIpc) is 2.13. The summed E-state index contributed by atoms with van der Waals surface area (Å²) in [5, 5.41) is 3.53. The normalized spacial score (nSPS) is 14.3. The molecule has 0 fully saturated rings. The molecule has 0 heterocycles. The van der Waals surface area contributed by atoms with Crippen LogP contribution in [0.2, 0.25) is 0 Å². The Labute approximate surface area is 95.7 Å². The largest absolute Gasteiger partial charge is 0.311 e. The molecule has 0 aromatic rings. The molecule has 0 aromatic heterocycles. The standard InChI is InChI=1S/C13H28N2/c1-7-8-9-10-15(6)12(2)11-14-13(3,4)5/h7,12,14H,1,8-11H2,2-6H3. The van der Waals surface area contributed by atoms with Gasteiger partial charge in [-0.15, -0.1) is 6.58 Å². The number of nitrogens with one attached hydrogen (secondary N) is 1. The summed E-state index contributed by atoms with van der Waals surface area (Å²) in [6, 6.07) is 0.592. The molecule has 0 aromatic carbocycles. The van der Waals surface area contributed by atoms with E-state index in [-0.39, 0.29) is 5.54 Å². The first-order chi connectivity index (χ1) is 6.87. The summed E-state index contributed by atoms with van der Waals surface area (Å²) >= 11 is 0. The number of nitrogens with zero attached hydrogens (tertiary/aromatic N) is 1. The van der Waals surface area contributed by atoms with Crippen LogP contribution in [0.4, 0.5) is 0 Å². The molecule has 0 saturated carbocycles. The van der Waals surface area contributed by atoms with Crippen molar-refractivity contribution in [3.63, 3.8) is 0 Å². The van der Waals surface area contributed by atoms with E-state index in [1.165, 1.54) is 6.42 Å². The van der Waals surface area contributed by atoms with Crippen LogP contribution in [-0.4, -0.2) is 36.6 Å². The molecular formula is C13H28N2. The number of hydrogen-bond donors (Lipinski definition) is 1. The zero-order valence-electron chi connectivity index (χ0n) is 11.1. The Morgan fingerprint density at radius 3 is 2.47 bits per heavy atom. The SMILES string of the molecule is C=CCCCN(C)C(C)CNC(C)(C)C. The molecule has 0 aliphatic heterocycles. The zero-order chi connectivity index (χ0) is 11.9. The minimum absolute atomic E-state index is 0.218. The average molecular weight is 212 g/mol. The summed E-state index contributed by atoms with van der Waals surface area (Å²) in [6.45, 7) is 14.8. The Kier molecular flexibility index (Phi) is 6.86. The van der Waals surface area contributed by atoms with Crippen LogP contribution in [0.1, 0.15) is 40.5 Å². The lowest BCUT2D eigenvalue weighted by Crippen LogP contribution is -2.45. The van der Waals surface area contributed by atoms with Crippen LogP contribution < -0.4 is 5.32 Å². The maximum atomic E-state index is 3.74. The van der Waals surface area contributed by atoms with E-state index >= 15 is 0 Å². The molecule has 1 N–H and O–H groups in total. The van der Waals surface area contributed by atoms with Crippen LogP contribution in [-0.2, 0) is 0 Å². The van der Waals surface area contributed by atoms with Crippen molar-refractivity contribution in [3.8, 4) is 0 Å². The van der Waals surface area contributed by atoms with Gasteiger partial charge in [0.05, 0.1) is 0 Å². The van der Waals surface area contributed by atoms with Gasteiger partial charge in [-0.2, -0.15) is 0 Å². The van der Waals surface area contributed by atoms with E-state index in [1.54, 1.807) is 0 Å². The second kappa shape index (κ2) is 7.02. The topological polar surface area (TPSA) is 15.3 Å².